The maximum Gasteiger partial charge on any atom is 0.274 e. The highest BCUT2D eigenvalue weighted by molar-refractivity contribution is 6.04. The third-order valence-corrected chi connectivity index (χ3v) is 5.24. The van der Waals surface area contributed by atoms with E-state index in [-0.39, 0.29) is 23.1 Å². The molecule has 0 unspecified atom stereocenters. The van der Waals surface area contributed by atoms with Crippen molar-refractivity contribution in [2.75, 3.05) is 13.2 Å². The Balaban J connectivity index is 1.47. The van der Waals surface area contributed by atoms with Crippen LogP contribution in [0.3, 0.4) is 0 Å². The normalized spacial score (nSPS) is 11.0. The molecule has 6 heteroatoms. The predicted octanol–water partition coefficient (Wildman–Crippen LogP) is 4.53. The molecule has 0 fully saturated rings. The van der Waals surface area contributed by atoms with Crippen molar-refractivity contribution in [2.45, 2.75) is 20.4 Å². The number of nitrogens with one attached hydrogen (secondary N) is 1. The highest BCUT2D eigenvalue weighted by atomic mass is 16.5. The lowest BCUT2D eigenvalue weighted by Crippen LogP contribution is -2.33. The number of carbonyl (C=O) groups is 1. The Hall–Kier alpha value is -3.93. The molecule has 0 radical (unpaired) electrons. The number of hydrogen-bond donors (Lipinski definition) is 1. The summed E-state index contributed by atoms with van der Waals surface area (Å²) in [6.07, 6.45) is 0. The third-order valence-electron chi connectivity index (χ3n) is 5.24. The van der Waals surface area contributed by atoms with E-state index in [1.54, 1.807) is 24.3 Å². The Morgan fingerprint density at radius 1 is 0.939 bits per heavy atom. The third kappa shape index (κ3) is 5.12. The molecule has 4 aromatic rings. The summed E-state index contributed by atoms with van der Waals surface area (Å²) >= 11 is 0. The molecule has 4 rings (SSSR count). The van der Waals surface area contributed by atoms with Gasteiger partial charge in [0.25, 0.3) is 11.5 Å². The Labute approximate surface area is 192 Å². The van der Waals surface area contributed by atoms with Crippen molar-refractivity contribution in [1.29, 1.82) is 0 Å². The number of hydrogen-bond acceptors (Lipinski definition) is 4. The van der Waals surface area contributed by atoms with E-state index in [0.717, 1.165) is 16.9 Å². The van der Waals surface area contributed by atoms with Crippen LogP contribution < -0.4 is 15.6 Å². The van der Waals surface area contributed by atoms with Crippen molar-refractivity contribution < 1.29 is 9.53 Å². The van der Waals surface area contributed by atoms with Crippen LogP contribution in [-0.4, -0.2) is 28.8 Å². The molecule has 3 aromatic carbocycles. The molecule has 0 aliphatic carbocycles. The number of fused-ring (bicyclic) bond motifs is 1. The van der Waals surface area contributed by atoms with Crippen LogP contribution in [0.1, 0.15) is 24.3 Å². The molecular formula is C27H27N3O3. The lowest BCUT2D eigenvalue weighted by Gasteiger charge is -2.14. The zero-order valence-corrected chi connectivity index (χ0v) is 18.8. The van der Waals surface area contributed by atoms with Gasteiger partial charge >= 0.3 is 0 Å². The first-order chi connectivity index (χ1) is 16.0. The highest BCUT2D eigenvalue weighted by Gasteiger charge is 2.17. The van der Waals surface area contributed by atoms with Gasteiger partial charge in [0.1, 0.15) is 12.4 Å². The van der Waals surface area contributed by atoms with Crippen LogP contribution >= 0.6 is 0 Å². The number of benzene rings is 3. The lowest BCUT2D eigenvalue weighted by atomic mass is 10.1. The van der Waals surface area contributed by atoms with Gasteiger partial charge in [0, 0.05) is 17.5 Å². The summed E-state index contributed by atoms with van der Waals surface area (Å²) in [5.41, 5.74) is 2.13. The van der Waals surface area contributed by atoms with Gasteiger partial charge in [-0.2, -0.15) is 5.10 Å². The first kappa shape index (κ1) is 22.3. The smallest absolute Gasteiger partial charge is 0.274 e. The van der Waals surface area contributed by atoms with Crippen molar-refractivity contribution in [3.63, 3.8) is 0 Å². The Bertz CT molecular complexity index is 1310. The van der Waals surface area contributed by atoms with Crippen molar-refractivity contribution >= 4 is 16.7 Å². The van der Waals surface area contributed by atoms with Crippen molar-refractivity contribution in [3.8, 4) is 16.9 Å². The largest absolute Gasteiger partial charge is 0.491 e. The SMILES string of the molecule is CC(C)Cn1nc(C(=O)NCCOc2ccccc2-c2ccccc2)c2ccccc2c1=O. The minimum atomic E-state index is -0.330. The topological polar surface area (TPSA) is 73.2 Å². The standard InChI is InChI=1S/C27H27N3O3/c1-19(2)18-30-27(32)23-14-7-6-13-22(23)25(29-30)26(31)28-16-17-33-24-15-9-8-12-21(24)20-10-4-3-5-11-20/h3-15,19H,16-18H2,1-2H3,(H,28,31). The summed E-state index contributed by atoms with van der Waals surface area (Å²) in [6.45, 7) is 5.07. The number of nitrogens with zero attached hydrogens (tertiary/aromatic N) is 2. The first-order valence-corrected chi connectivity index (χ1v) is 11.1. The van der Waals surface area contributed by atoms with E-state index in [9.17, 15) is 9.59 Å². The molecular weight excluding hydrogens is 414 g/mol. The van der Waals surface area contributed by atoms with Gasteiger partial charge < -0.3 is 10.1 Å². The van der Waals surface area contributed by atoms with Gasteiger partial charge in [0.2, 0.25) is 0 Å². The second-order valence-corrected chi connectivity index (χ2v) is 8.24. The summed E-state index contributed by atoms with van der Waals surface area (Å²) in [5.74, 6) is 0.654. The molecule has 0 aliphatic rings. The molecule has 6 nitrogen and oxygen atoms in total. The summed E-state index contributed by atoms with van der Waals surface area (Å²) in [4.78, 5) is 25.7. The fraction of sp³-hybridized carbons (Fsp3) is 0.222. The van der Waals surface area contributed by atoms with Crippen molar-refractivity contribution in [1.82, 2.24) is 15.1 Å². The van der Waals surface area contributed by atoms with Gasteiger partial charge in [0.05, 0.1) is 11.9 Å². The number of para-hydroxylation sites is 1. The zero-order valence-electron chi connectivity index (χ0n) is 18.8. The van der Waals surface area contributed by atoms with Gasteiger partial charge in [-0.1, -0.05) is 80.6 Å². The number of carbonyl (C=O) groups excluding carboxylic acids is 1. The van der Waals surface area contributed by atoms with Crippen LogP contribution in [0.15, 0.2) is 83.7 Å². The quantitative estimate of drug-likeness (QED) is 0.408. The molecule has 1 N–H and O–H groups in total. The Morgan fingerprint density at radius 3 is 2.36 bits per heavy atom. The van der Waals surface area contributed by atoms with Crippen LogP contribution in [0.2, 0.25) is 0 Å². The molecule has 0 spiro atoms. The van der Waals surface area contributed by atoms with Gasteiger partial charge in [-0.15, -0.1) is 0 Å². The van der Waals surface area contributed by atoms with Gasteiger partial charge in [-0.25, -0.2) is 4.68 Å². The van der Waals surface area contributed by atoms with Gasteiger partial charge in [-0.3, -0.25) is 9.59 Å². The second kappa shape index (κ2) is 10.1. The molecule has 33 heavy (non-hydrogen) atoms. The van der Waals surface area contributed by atoms with E-state index in [2.05, 4.69) is 10.4 Å². The minimum Gasteiger partial charge on any atom is -0.491 e. The van der Waals surface area contributed by atoms with Gasteiger partial charge in [0.15, 0.2) is 5.69 Å². The zero-order chi connectivity index (χ0) is 23.2. The number of aromatic nitrogens is 2. The molecule has 1 amide bonds. The molecule has 1 heterocycles. The van der Waals surface area contributed by atoms with Crippen LogP contribution in [0, 0.1) is 5.92 Å². The Morgan fingerprint density at radius 2 is 1.61 bits per heavy atom. The van der Waals surface area contributed by atoms with Crippen LogP contribution in [-0.2, 0) is 6.54 Å². The van der Waals surface area contributed by atoms with Crippen LogP contribution in [0.4, 0.5) is 0 Å². The second-order valence-electron chi connectivity index (χ2n) is 8.24. The summed E-state index contributed by atoms with van der Waals surface area (Å²) in [5, 5.41) is 8.30. The Kier molecular flexibility index (Phi) is 6.83. The van der Waals surface area contributed by atoms with Crippen LogP contribution in [0.25, 0.3) is 21.9 Å². The molecule has 0 saturated carbocycles. The molecule has 168 valence electrons. The summed E-state index contributed by atoms with van der Waals surface area (Å²) in [7, 11) is 0. The van der Waals surface area contributed by atoms with Crippen molar-refractivity contribution in [2.24, 2.45) is 5.92 Å². The summed E-state index contributed by atoms with van der Waals surface area (Å²) in [6, 6.07) is 24.9. The maximum atomic E-state index is 13.0. The average Bonchev–Trinajstić information content (AvgIpc) is 2.84. The van der Waals surface area contributed by atoms with Crippen LogP contribution in [0.5, 0.6) is 5.75 Å². The number of ether oxygens (including phenoxy) is 1. The highest BCUT2D eigenvalue weighted by Crippen LogP contribution is 2.29. The molecule has 0 saturated heterocycles. The van der Waals surface area contributed by atoms with E-state index in [4.69, 9.17) is 4.74 Å². The van der Waals surface area contributed by atoms with E-state index in [1.807, 2.05) is 68.4 Å². The minimum absolute atomic E-state index is 0.184. The lowest BCUT2D eigenvalue weighted by molar-refractivity contribution is 0.0941. The fourth-order valence-corrected chi connectivity index (χ4v) is 3.73. The molecule has 0 bridgehead atoms. The van der Waals surface area contributed by atoms with Gasteiger partial charge in [-0.05, 0) is 23.6 Å². The van der Waals surface area contributed by atoms with E-state index in [0.29, 0.717) is 30.5 Å². The summed E-state index contributed by atoms with van der Waals surface area (Å²) < 4.78 is 7.35. The number of amides is 1. The predicted molar refractivity (Wildman–Crippen MR) is 131 cm³/mol. The maximum absolute atomic E-state index is 13.0. The fourth-order valence-electron chi connectivity index (χ4n) is 3.73. The monoisotopic (exact) mass is 441 g/mol. The van der Waals surface area contributed by atoms with E-state index < -0.39 is 0 Å². The molecule has 1 aromatic heterocycles. The number of rotatable bonds is 8. The van der Waals surface area contributed by atoms with Crippen molar-refractivity contribution in [3.05, 3.63) is 94.9 Å². The average molecular weight is 442 g/mol. The van der Waals surface area contributed by atoms with E-state index >= 15 is 0 Å². The molecule has 0 aliphatic heterocycles. The van der Waals surface area contributed by atoms with E-state index in [1.165, 1.54) is 4.68 Å². The molecule has 0 atom stereocenters. The first-order valence-electron chi connectivity index (χ1n) is 11.1.